The summed E-state index contributed by atoms with van der Waals surface area (Å²) in [4.78, 5) is 25.9. The van der Waals surface area contributed by atoms with Gasteiger partial charge in [-0.05, 0) is 46.0 Å². The normalized spacial score (nSPS) is 18.0. The van der Waals surface area contributed by atoms with Crippen LogP contribution in [0.3, 0.4) is 0 Å². The van der Waals surface area contributed by atoms with Crippen molar-refractivity contribution in [1.29, 1.82) is 0 Å². The van der Waals surface area contributed by atoms with Crippen molar-refractivity contribution in [3.8, 4) is 0 Å². The van der Waals surface area contributed by atoms with E-state index in [1.807, 2.05) is 20.8 Å². The van der Waals surface area contributed by atoms with Gasteiger partial charge in [0.25, 0.3) is 0 Å². The van der Waals surface area contributed by atoms with Gasteiger partial charge in [-0.25, -0.2) is 0 Å². The predicted octanol–water partition coefficient (Wildman–Crippen LogP) is 3.69. The van der Waals surface area contributed by atoms with E-state index in [0.29, 0.717) is 12.5 Å². The van der Waals surface area contributed by atoms with E-state index in [4.69, 9.17) is 5.11 Å². The fourth-order valence-electron chi connectivity index (χ4n) is 3.57. The van der Waals surface area contributed by atoms with Gasteiger partial charge in [-0.15, -0.1) is 0 Å². The van der Waals surface area contributed by atoms with E-state index in [0.717, 1.165) is 32.1 Å². The van der Waals surface area contributed by atoms with Crippen LogP contribution in [0.25, 0.3) is 0 Å². The standard InChI is InChI=1S/C17H31NO3/c1-13(2)12-17(9-6-7-10-17)15(21)18(16(3,4)5)11-8-14(19)20/h13H,6-12H2,1-5H3,(H,19,20). The molecule has 4 heteroatoms. The van der Waals surface area contributed by atoms with Gasteiger partial charge in [0, 0.05) is 17.5 Å². The predicted molar refractivity (Wildman–Crippen MR) is 84.1 cm³/mol. The number of nitrogens with zero attached hydrogens (tertiary/aromatic N) is 1. The minimum Gasteiger partial charge on any atom is -0.481 e. The maximum Gasteiger partial charge on any atom is 0.305 e. The molecule has 0 atom stereocenters. The zero-order valence-corrected chi connectivity index (χ0v) is 14.2. The number of carboxylic acid groups (broad SMARTS) is 1. The molecule has 0 bridgehead atoms. The Morgan fingerprint density at radius 1 is 1.19 bits per heavy atom. The van der Waals surface area contributed by atoms with Crippen LogP contribution >= 0.6 is 0 Å². The van der Waals surface area contributed by atoms with Crippen molar-refractivity contribution in [2.24, 2.45) is 11.3 Å². The Morgan fingerprint density at radius 2 is 1.71 bits per heavy atom. The molecule has 0 spiro atoms. The van der Waals surface area contributed by atoms with E-state index in [1.54, 1.807) is 4.90 Å². The molecule has 1 rings (SSSR count). The molecule has 1 N–H and O–H groups in total. The van der Waals surface area contributed by atoms with Gasteiger partial charge < -0.3 is 10.0 Å². The van der Waals surface area contributed by atoms with Gasteiger partial charge in [0.2, 0.25) is 5.91 Å². The summed E-state index contributed by atoms with van der Waals surface area (Å²) in [6.07, 6.45) is 5.03. The van der Waals surface area contributed by atoms with Crippen molar-refractivity contribution in [2.75, 3.05) is 6.54 Å². The Kier molecular flexibility index (Phi) is 5.83. The topological polar surface area (TPSA) is 57.6 Å². The largest absolute Gasteiger partial charge is 0.481 e. The van der Waals surface area contributed by atoms with Crippen LogP contribution in [0.2, 0.25) is 0 Å². The molecule has 21 heavy (non-hydrogen) atoms. The fourth-order valence-corrected chi connectivity index (χ4v) is 3.57. The Balaban J connectivity index is 2.98. The lowest BCUT2D eigenvalue weighted by Gasteiger charge is -2.42. The number of hydrogen-bond acceptors (Lipinski definition) is 2. The van der Waals surface area contributed by atoms with Crippen molar-refractivity contribution >= 4 is 11.9 Å². The summed E-state index contributed by atoms with van der Waals surface area (Å²) >= 11 is 0. The molecule has 4 nitrogen and oxygen atoms in total. The molecule has 1 aliphatic carbocycles. The summed E-state index contributed by atoms with van der Waals surface area (Å²) in [7, 11) is 0. The highest BCUT2D eigenvalue weighted by Crippen LogP contribution is 2.45. The summed E-state index contributed by atoms with van der Waals surface area (Å²) in [5.41, 5.74) is -0.598. The summed E-state index contributed by atoms with van der Waals surface area (Å²) in [6, 6.07) is 0. The van der Waals surface area contributed by atoms with Crippen molar-refractivity contribution in [3.05, 3.63) is 0 Å². The first-order valence-corrected chi connectivity index (χ1v) is 8.12. The number of carbonyl (C=O) groups is 2. The SMILES string of the molecule is CC(C)CC1(C(=O)N(CCC(=O)O)C(C)(C)C)CCCC1. The van der Waals surface area contributed by atoms with Crippen LogP contribution < -0.4 is 0 Å². The van der Waals surface area contributed by atoms with Crippen molar-refractivity contribution in [2.45, 2.75) is 78.7 Å². The molecule has 0 aliphatic heterocycles. The van der Waals surface area contributed by atoms with Gasteiger partial charge in [-0.3, -0.25) is 9.59 Å². The van der Waals surface area contributed by atoms with Crippen LogP contribution in [0.15, 0.2) is 0 Å². The van der Waals surface area contributed by atoms with E-state index < -0.39 is 5.97 Å². The van der Waals surface area contributed by atoms with Crippen LogP contribution in [0.5, 0.6) is 0 Å². The summed E-state index contributed by atoms with van der Waals surface area (Å²) < 4.78 is 0. The minimum absolute atomic E-state index is 0.0147. The van der Waals surface area contributed by atoms with Crippen molar-refractivity contribution in [3.63, 3.8) is 0 Å². The third-order valence-corrected chi connectivity index (χ3v) is 4.42. The number of rotatable bonds is 6. The molecule has 0 heterocycles. The first-order valence-electron chi connectivity index (χ1n) is 8.12. The van der Waals surface area contributed by atoms with E-state index >= 15 is 0 Å². The highest BCUT2D eigenvalue weighted by Gasteiger charge is 2.45. The van der Waals surface area contributed by atoms with Gasteiger partial charge in [0.05, 0.1) is 6.42 Å². The van der Waals surface area contributed by atoms with Crippen molar-refractivity contribution < 1.29 is 14.7 Å². The molecule has 0 radical (unpaired) electrons. The van der Waals surface area contributed by atoms with Gasteiger partial charge in [0.1, 0.15) is 0 Å². The van der Waals surface area contributed by atoms with E-state index in [9.17, 15) is 9.59 Å². The van der Waals surface area contributed by atoms with Gasteiger partial charge in [0.15, 0.2) is 0 Å². The van der Waals surface area contributed by atoms with Crippen LogP contribution in [0.4, 0.5) is 0 Å². The molecular weight excluding hydrogens is 266 g/mol. The molecule has 0 unspecified atom stereocenters. The Labute approximate surface area is 128 Å². The zero-order chi connectivity index (χ0) is 16.3. The van der Waals surface area contributed by atoms with E-state index in [1.165, 1.54) is 0 Å². The van der Waals surface area contributed by atoms with Gasteiger partial charge in [-0.1, -0.05) is 26.7 Å². The molecule has 0 aromatic rings. The molecular formula is C17H31NO3. The second-order valence-electron chi connectivity index (χ2n) is 7.86. The highest BCUT2D eigenvalue weighted by atomic mass is 16.4. The molecule has 1 fully saturated rings. The fraction of sp³-hybridized carbons (Fsp3) is 0.882. The molecule has 0 aromatic carbocycles. The molecule has 0 saturated heterocycles. The summed E-state index contributed by atoms with van der Waals surface area (Å²) in [5, 5.41) is 8.95. The van der Waals surface area contributed by atoms with Crippen LogP contribution in [-0.4, -0.2) is 34.0 Å². The molecule has 0 aromatic heterocycles. The average Bonchev–Trinajstić information content (AvgIpc) is 2.75. The number of carbonyl (C=O) groups excluding carboxylic acids is 1. The Morgan fingerprint density at radius 3 is 2.10 bits per heavy atom. The summed E-state index contributed by atoms with van der Waals surface area (Å²) in [5.74, 6) is -0.197. The Hall–Kier alpha value is -1.06. The monoisotopic (exact) mass is 297 g/mol. The second-order valence-corrected chi connectivity index (χ2v) is 7.86. The smallest absolute Gasteiger partial charge is 0.305 e. The maximum atomic E-state index is 13.2. The lowest BCUT2D eigenvalue weighted by Crippen LogP contribution is -2.52. The zero-order valence-electron chi connectivity index (χ0n) is 14.2. The average molecular weight is 297 g/mol. The van der Waals surface area contributed by atoms with Crippen LogP contribution in [-0.2, 0) is 9.59 Å². The minimum atomic E-state index is -0.846. The lowest BCUT2D eigenvalue weighted by atomic mass is 9.76. The second kappa shape index (κ2) is 6.80. The maximum absolute atomic E-state index is 13.2. The van der Waals surface area contributed by atoms with Crippen LogP contribution in [0.1, 0.15) is 73.1 Å². The quantitative estimate of drug-likeness (QED) is 0.813. The molecule has 1 aliphatic rings. The molecule has 1 saturated carbocycles. The molecule has 1 amide bonds. The Bertz CT molecular complexity index is 376. The van der Waals surface area contributed by atoms with E-state index in [2.05, 4.69) is 13.8 Å². The first kappa shape index (κ1) is 18.0. The highest BCUT2D eigenvalue weighted by molar-refractivity contribution is 5.84. The molecule has 122 valence electrons. The van der Waals surface area contributed by atoms with Gasteiger partial charge >= 0.3 is 5.97 Å². The number of hydrogen-bond donors (Lipinski definition) is 1. The number of aliphatic carboxylic acids is 1. The van der Waals surface area contributed by atoms with Crippen molar-refractivity contribution in [1.82, 2.24) is 4.90 Å². The summed E-state index contributed by atoms with van der Waals surface area (Å²) in [6.45, 7) is 10.6. The number of amides is 1. The third-order valence-electron chi connectivity index (χ3n) is 4.42. The number of carboxylic acids is 1. The first-order chi connectivity index (χ1) is 9.58. The lowest BCUT2D eigenvalue weighted by molar-refractivity contribution is -0.149. The van der Waals surface area contributed by atoms with Crippen LogP contribution in [0, 0.1) is 11.3 Å². The van der Waals surface area contributed by atoms with Gasteiger partial charge in [-0.2, -0.15) is 0 Å². The third kappa shape index (κ3) is 4.72. The van der Waals surface area contributed by atoms with E-state index in [-0.39, 0.29) is 23.3 Å².